The van der Waals surface area contributed by atoms with Gasteiger partial charge in [-0.15, -0.1) is 0 Å². The van der Waals surface area contributed by atoms with Gasteiger partial charge < -0.3 is 19.7 Å². The van der Waals surface area contributed by atoms with Crippen molar-refractivity contribution in [3.8, 4) is 5.75 Å². The molecule has 1 fully saturated rings. The second-order valence-corrected chi connectivity index (χ2v) is 7.07. The molecule has 7 nitrogen and oxygen atoms in total. The maximum atomic E-state index is 12.4. The van der Waals surface area contributed by atoms with Gasteiger partial charge in [0.2, 0.25) is 0 Å². The van der Waals surface area contributed by atoms with Crippen molar-refractivity contribution in [3.63, 3.8) is 0 Å². The number of nitrogens with zero attached hydrogens (tertiary/aromatic N) is 1. The zero-order valence-electron chi connectivity index (χ0n) is 15.5. The van der Waals surface area contributed by atoms with Crippen molar-refractivity contribution in [3.05, 3.63) is 59.1 Å². The molecule has 1 saturated heterocycles. The molecule has 0 spiro atoms. The summed E-state index contributed by atoms with van der Waals surface area (Å²) in [6.45, 7) is 2.11. The first-order chi connectivity index (χ1) is 14.0. The Balaban J connectivity index is 1.45. The van der Waals surface area contributed by atoms with E-state index in [-0.39, 0.29) is 17.6 Å². The van der Waals surface area contributed by atoms with E-state index < -0.39 is 5.91 Å². The van der Waals surface area contributed by atoms with Crippen LogP contribution in [-0.4, -0.2) is 54.7 Å². The molecule has 2 aromatic carbocycles. The van der Waals surface area contributed by atoms with Crippen LogP contribution >= 0.6 is 23.8 Å². The minimum atomic E-state index is -0.392. The topological polar surface area (TPSA) is 79.9 Å². The third-order valence-corrected chi connectivity index (χ3v) is 4.58. The Labute approximate surface area is 178 Å². The molecule has 2 N–H and O–H groups in total. The molecular weight excluding hydrogens is 414 g/mol. The number of carbonyl (C=O) groups excluding carboxylic acids is 2. The first-order valence-electron chi connectivity index (χ1n) is 8.97. The fraction of sp³-hybridized carbons (Fsp3) is 0.250. The van der Waals surface area contributed by atoms with E-state index in [2.05, 4.69) is 10.6 Å². The van der Waals surface area contributed by atoms with Gasteiger partial charge >= 0.3 is 0 Å². The number of ether oxygens (including phenoxy) is 2. The number of anilines is 1. The molecule has 0 unspecified atom stereocenters. The largest absolute Gasteiger partial charge is 0.484 e. The summed E-state index contributed by atoms with van der Waals surface area (Å²) in [6, 6.07) is 13.6. The standard InChI is InChI=1S/C20H20ClN3O4S/c21-15-3-7-17(8-4-15)28-13-18(25)23-20(29)22-16-5-1-14(2-6-16)19(26)24-9-11-27-12-10-24/h1-8H,9-13H2,(H2,22,23,25,29). The van der Waals surface area contributed by atoms with Crippen LogP contribution in [0.5, 0.6) is 5.75 Å². The van der Waals surface area contributed by atoms with Crippen molar-refractivity contribution in [1.82, 2.24) is 10.2 Å². The second kappa shape index (κ2) is 10.2. The summed E-state index contributed by atoms with van der Waals surface area (Å²) in [5.41, 5.74) is 1.25. The third kappa shape index (κ3) is 6.42. The van der Waals surface area contributed by atoms with E-state index in [9.17, 15) is 9.59 Å². The number of amides is 2. The van der Waals surface area contributed by atoms with Crippen LogP contribution in [0.4, 0.5) is 5.69 Å². The number of thiocarbonyl (C=S) groups is 1. The van der Waals surface area contributed by atoms with Crippen molar-refractivity contribution in [2.75, 3.05) is 38.2 Å². The molecule has 1 aliphatic heterocycles. The number of benzene rings is 2. The van der Waals surface area contributed by atoms with Gasteiger partial charge in [-0.1, -0.05) is 11.6 Å². The van der Waals surface area contributed by atoms with Crippen molar-refractivity contribution >= 4 is 46.4 Å². The van der Waals surface area contributed by atoms with E-state index in [0.29, 0.717) is 48.3 Å². The maximum absolute atomic E-state index is 12.4. The first kappa shape index (κ1) is 21.0. The quantitative estimate of drug-likeness (QED) is 0.706. The lowest BCUT2D eigenvalue weighted by Gasteiger charge is -2.26. The number of halogens is 1. The number of rotatable bonds is 5. The van der Waals surface area contributed by atoms with Crippen LogP contribution in [-0.2, 0) is 9.53 Å². The smallest absolute Gasteiger partial charge is 0.264 e. The zero-order chi connectivity index (χ0) is 20.6. The Morgan fingerprint density at radius 1 is 1.07 bits per heavy atom. The van der Waals surface area contributed by atoms with Crippen molar-refractivity contribution < 1.29 is 19.1 Å². The molecular formula is C20H20ClN3O4S. The second-order valence-electron chi connectivity index (χ2n) is 6.23. The van der Waals surface area contributed by atoms with Crippen LogP contribution in [0, 0.1) is 0 Å². The highest BCUT2D eigenvalue weighted by Crippen LogP contribution is 2.15. The zero-order valence-corrected chi connectivity index (χ0v) is 17.1. The predicted octanol–water partition coefficient (Wildman–Crippen LogP) is 2.70. The van der Waals surface area contributed by atoms with E-state index in [1.165, 1.54) is 0 Å². The molecule has 0 saturated carbocycles. The van der Waals surface area contributed by atoms with Gasteiger partial charge in [-0.3, -0.25) is 14.9 Å². The van der Waals surface area contributed by atoms with E-state index >= 15 is 0 Å². The highest BCUT2D eigenvalue weighted by molar-refractivity contribution is 7.80. The molecule has 0 aliphatic carbocycles. The van der Waals surface area contributed by atoms with Crippen LogP contribution < -0.4 is 15.4 Å². The van der Waals surface area contributed by atoms with Gasteiger partial charge in [-0.2, -0.15) is 0 Å². The van der Waals surface area contributed by atoms with Crippen LogP contribution in [0.2, 0.25) is 5.02 Å². The molecule has 2 amide bonds. The average molecular weight is 434 g/mol. The van der Waals surface area contributed by atoms with Crippen LogP contribution in [0.25, 0.3) is 0 Å². The first-order valence-corrected chi connectivity index (χ1v) is 9.76. The molecule has 0 aromatic heterocycles. The number of hydrogen-bond acceptors (Lipinski definition) is 5. The minimum Gasteiger partial charge on any atom is -0.484 e. The van der Waals surface area contributed by atoms with Gasteiger partial charge in [-0.25, -0.2) is 0 Å². The van der Waals surface area contributed by atoms with Crippen LogP contribution in [0.1, 0.15) is 10.4 Å². The number of hydrogen-bond donors (Lipinski definition) is 2. The number of nitrogens with one attached hydrogen (secondary N) is 2. The van der Waals surface area contributed by atoms with Crippen molar-refractivity contribution in [1.29, 1.82) is 0 Å². The Kier molecular flexibility index (Phi) is 7.40. The Bertz CT molecular complexity index is 868. The lowest BCUT2D eigenvalue weighted by Crippen LogP contribution is -2.40. The molecule has 0 atom stereocenters. The maximum Gasteiger partial charge on any atom is 0.264 e. The van der Waals surface area contributed by atoms with Crippen LogP contribution in [0.15, 0.2) is 48.5 Å². The molecule has 9 heteroatoms. The summed E-state index contributed by atoms with van der Waals surface area (Å²) in [7, 11) is 0. The summed E-state index contributed by atoms with van der Waals surface area (Å²) in [5.74, 6) is 0.107. The summed E-state index contributed by atoms with van der Waals surface area (Å²) in [5, 5.41) is 6.17. The minimum absolute atomic E-state index is 0.0323. The molecule has 2 aromatic rings. The van der Waals surface area contributed by atoms with Crippen LogP contribution in [0.3, 0.4) is 0 Å². The third-order valence-electron chi connectivity index (χ3n) is 4.12. The summed E-state index contributed by atoms with van der Waals surface area (Å²) < 4.78 is 10.6. The SMILES string of the molecule is O=C(COc1ccc(Cl)cc1)NC(=S)Nc1ccc(C(=O)N2CCOCC2)cc1. The fourth-order valence-corrected chi connectivity index (χ4v) is 3.01. The lowest BCUT2D eigenvalue weighted by molar-refractivity contribution is -0.121. The van der Waals surface area contributed by atoms with Gasteiger partial charge in [0.1, 0.15) is 5.75 Å². The molecule has 29 heavy (non-hydrogen) atoms. The Hall–Kier alpha value is -2.68. The average Bonchev–Trinajstić information content (AvgIpc) is 2.74. The number of morpholine rings is 1. The van der Waals surface area contributed by atoms with E-state index in [4.69, 9.17) is 33.3 Å². The molecule has 0 radical (unpaired) electrons. The summed E-state index contributed by atoms with van der Waals surface area (Å²) in [6.07, 6.45) is 0. The van der Waals surface area contributed by atoms with Crippen molar-refractivity contribution in [2.24, 2.45) is 0 Å². The monoisotopic (exact) mass is 433 g/mol. The molecule has 1 heterocycles. The lowest BCUT2D eigenvalue weighted by atomic mass is 10.1. The Morgan fingerprint density at radius 3 is 2.38 bits per heavy atom. The molecule has 1 aliphatic rings. The molecule has 3 rings (SSSR count). The highest BCUT2D eigenvalue weighted by Gasteiger charge is 2.18. The highest BCUT2D eigenvalue weighted by atomic mass is 35.5. The normalized spacial score (nSPS) is 13.5. The van der Waals surface area contributed by atoms with Gasteiger partial charge in [0, 0.05) is 29.4 Å². The van der Waals surface area contributed by atoms with Crippen molar-refractivity contribution in [2.45, 2.75) is 0 Å². The van der Waals surface area contributed by atoms with Gasteiger partial charge in [0.15, 0.2) is 11.7 Å². The van der Waals surface area contributed by atoms with Gasteiger partial charge in [-0.05, 0) is 60.7 Å². The Morgan fingerprint density at radius 2 is 1.72 bits per heavy atom. The van der Waals surface area contributed by atoms with Gasteiger partial charge in [0.05, 0.1) is 13.2 Å². The van der Waals surface area contributed by atoms with E-state index in [1.54, 1.807) is 53.4 Å². The van der Waals surface area contributed by atoms with E-state index in [0.717, 1.165) is 0 Å². The van der Waals surface area contributed by atoms with E-state index in [1.807, 2.05) is 0 Å². The predicted molar refractivity (Wildman–Crippen MR) is 114 cm³/mol. The fourth-order valence-electron chi connectivity index (χ4n) is 2.65. The van der Waals surface area contributed by atoms with Gasteiger partial charge in [0.25, 0.3) is 11.8 Å². The summed E-state index contributed by atoms with van der Waals surface area (Å²) in [4.78, 5) is 26.1. The molecule has 152 valence electrons. The summed E-state index contributed by atoms with van der Waals surface area (Å²) >= 11 is 10.9. The number of carbonyl (C=O) groups is 2. The molecule has 0 bridgehead atoms.